The fraction of sp³-hybridized carbons (Fsp3) is 1.00. The van der Waals surface area contributed by atoms with E-state index in [2.05, 4.69) is 0 Å². The second-order valence-corrected chi connectivity index (χ2v) is 4.78. The Morgan fingerprint density at radius 2 is 1.44 bits per heavy atom. The van der Waals surface area contributed by atoms with Crippen LogP contribution in [0.5, 0.6) is 0 Å². The van der Waals surface area contributed by atoms with Crippen LogP contribution in [0.25, 0.3) is 0 Å². The van der Waals surface area contributed by atoms with Crippen LogP contribution in [0.3, 0.4) is 0 Å². The van der Waals surface area contributed by atoms with E-state index in [1.807, 2.05) is 0 Å². The largest absolute Gasteiger partial charge is 1.00 e. The molecule has 0 spiro atoms. The predicted molar refractivity (Wildman–Crippen MR) is 54.4 cm³/mol. The van der Waals surface area contributed by atoms with Gasteiger partial charge in [-0.25, -0.2) is 8.42 Å². The van der Waals surface area contributed by atoms with Crippen LogP contribution >= 0.6 is 0 Å². The summed E-state index contributed by atoms with van der Waals surface area (Å²) >= 11 is 0. The second kappa shape index (κ2) is 10.9. The average molecular weight is 263 g/mol. The Morgan fingerprint density at radius 1 is 1.00 bits per heavy atom. The first kappa shape index (κ1) is 19.1. The molecule has 0 aromatic carbocycles. The number of aliphatic hydroxyl groups excluding tert-OH is 2. The smallest absolute Gasteiger partial charge is 0.748 e. The molecule has 0 aliphatic heterocycles. The molecule has 8 heteroatoms. The van der Waals surface area contributed by atoms with Crippen LogP contribution in [0.1, 0.15) is 12.8 Å². The summed E-state index contributed by atoms with van der Waals surface area (Å²) in [6.45, 7) is 1.28. The molecule has 16 heavy (non-hydrogen) atoms. The van der Waals surface area contributed by atoms with E-state index in [1.54, 1.807) is 4.90 Å². The third-order valence-electron chi connectivity index (χ3n) is 1.92. The van der Waals surface area contributed by atoms with Crippen LogP contribution in [-0.4, -0.2) is 66.7 Å². The molecule has 0 aliphatic rings. The van der Waals surface area contributed by atoms with Crippen molar-refractivity contribution in [3.63, 3.8) is 0 Å². The third-order valence-corrected chi connectivity index (χ3v) is 2.61. The van der Waals surface area contributed by atoms with Gasteiger partial charge in [0, 0.05) is 32.8 Å². The van der Waals surface area contributed by atoms with Gasteiger partial charge in [0.15, 0.2) is 0 Å². The minimum absolute atomic E-state index is 0. The van der Waals surface area contributed by atoms with Crippen LogP contribution in [-0.2, 0) is 10.1 Å². The van der Waals surface area contributed by atoms with Gasteiger partial charge in [-0.2, -0.15) is 0 Å². The SMILES string of the molecule is O=S(=O)([O-])CCN(CCCO)CCCO.[Na+]. The summed E-state index contributed by atoms with van der Waals surface area (Å²) in [4.78, 5) is 1.75. The van der Waals surface area contributed by atoms with E-state index in [4.69, 9.17) is 10.2 Å². The molecule has 6 nitrogen and oxygen atoms in total. The number of hydrogen-bond donors (Lipinski definition) is 2. The zero-order valence-corrected chi connectivity index (χ0v) is 12.4. The van der Waals surface area contributed by atoms with Crippen molar-refractivity contribution in [2.24, 2.45) is 0 Å². The molecule has 92 valence electrons. The van der Waals surface area contributed by atoms with Gasteiger partial charge in [0.25, 0.3) is 0 Å². The fourth-order valence-electron chi connectivity index (χ4n) is 1.16. The molecule has 0 rings (SSSR count). The van der Waals surface area contributed by atoms with Gasteiger partial charge >= 0.3 is 29.6 Å². The van der Waals surface area contributed by atoms with Gasteiger partial charge in [-0.15, -0.1) is 0 Å². The average Bonchev–Trinajstić information content (AvgIpc) is 2.15. The quantitative estimate of drug-likeness (QED) is 0.322. The van der Waals surface area contributed by atoms with E-state index in [0.717, 1.165) is 0 Å². The zero-order valence-electron chi connectivity index (χ0n) is 9.63. The first-order chi connectivity index (χ1) is 6.99. The van der Waals surface area contributed by atoms with Crippen LogP contribution in [0.4, 0.5) is 0 Å². The van der Waals surface area contributed by atoms with Crippen LogP contribution in [0.15, 0.2) is 0 Å². The third kappa shape index (κ3) is 12.9. The van der Waals surface area contributed by atoms with Crippen LogP contribution in [0, 0.1) is 0 Å². The number of nitrogens with zero attached hydrogens (tertiary/aromatic N) is 1. The van der Waals surface area contributed by atoms with Crippen molar-refractivity contribution < 1.29 is 52.7 Å². The maximum atomic E-state index is 10.4. The van der Waals surface area contributed by atoms with Gasteiger partial charge < -0.3 is 19.7 Å². The summed E-state index contributed by atoms with van der Waals surface area (Å²) in [6.07, 6.45) is 1.06. The predicted octanol–water partition coefficient (Wildman–Crippen LogP) is -4.40. The summed E-state index contributed by atoms with van der Waals surface area (Å²) in [6, 6.07) is 0. The van der Waals surface area contributed by atoms with Gasteiger partial charge in [0.1, 0.15) is 0 Å². The number of hydrogen-bond acceptors (Lipinski definition) is 6. The molecule has 0 heterocycles. The molecule has 0 bridgehead atoms. The molecule has 0 aliphatic carbocycles. The summed E-state index contributed by atoms with van der Waals surface area (Å²) in [7, 11) is -4.19. The maximum Gasteiger partial charge on any atom is 1.00 e. The maximum absolute atomic E-state index is 10.4. The monoisotopic (exact) mass is 263 g/mol. The molecule has 0 amide bonds. The normalized spacial score (nSPS) is 11.5. The van der Waals surface area contributed by atoms with Crippen LogP contribution in [0.2, 0.25) is 0 Å². The van der Waals surface area contributed by atoms with E-state index >= 15 is 0 Å². The summed E-state index contributed by atoms with van der Waals surface area (Å²) < 4.78 is 31.2. The molecule has 0 radical (unpaired) electrons. The van der Waals surface area contributed by atoms with Gasteiger partial charge in [-0.05, 0) is 12.8 Å². The van der Waals surface area contributed by atoms with Crippen molar-refractivity contribution in [3.8, 4) is 0 Å². The van der Waals surface area contributed by atoms with Crippen molar-refractivity contribution >= 4 is 10.1 Å². The van der Waals surface area contributed by atoms with Crippen molar-refractivity contribution in [3.05, 3.63) is 0 Å². The summed E-state index contributed by atoms with van der Waals surface area (Å²) in [5.74, 6) is -0.427. The topological polar surface area (TPSA) is 101 Å². The minimum atomic E-state index is -4.19. The van der Waals surface area contributed by atoms with Gasteiger partial charge in [-0.3, -0.25) is 0 Å². The fourth-order valence-corrected chi connectivity index (χ4v) is 1.65. The number of rotatable bonds is 9. The van der Waals surface area contributed by atoms with Gasteiger partial charge in [0.2, 0.25) is 0 Å². The van der Waals surface area contributed by atoms with E-state index in [1.165, 1.54) is 0 Å². The number of aliphatic hydroxyl groups is 2. The molecule has 0 aromatic rings. The molecule has 0 atom stereocenters. The van der Waals surface area contributed by atoms with E-state index in [9.17, 15) is 13.0 Å². The van der Waals surface area contributed by atoms with Gasteiger partial charge in [-0.1, -0.05) is 0 Å². The molecule has 0 aromatic heterocycles. The van der Waals surface area contributed by atoms with E-state index in [0.29, 0.717) is 25.9 Å². The van der Waals surface area contributed by atoms with E-state index in [-0.39, 0.29) is 49.3 Å². The Kier molecular flexibility index (Phi) is 13.1. The Balaban J connectivity index is 0. The molecular formula is C8H18NNaO5S. The van der Waals surface area contributed by atoms with Gasteiger partial charge in [0.05, 0.1) is 15.9 Å². The Bertz CT molecular complexity index is 239. The Hall–Kier alpha value is 0.790. The van der Waals surface area contributed by atoms with Crippen molar-refractivity contribution in [1.82, 2.24) is 4.90 Å². The summed E-state index contributed by atoms with van der Waals surface area (Å²) in [5.41, 5.74) is 0. The second-order valence-electron chi connectivity index (χ2n) is 3.26. The molecule has 0 unspecified atom stereocenters. The molecule has 0 saturated carbocycles. The Labute approximate surface area is 119 Å². The minimum Gasteiger partial charge on any atom is -0.748 e. The molecule has 2 N–H and O–H groups in total. The van der Waals surface area contributed by atoms with Crippen molar-refractivity contribution in [1.29, 1.82) is 0 Å². The zero-order chi connectivity index (χ0) is 11.7. The molecule has 0 fully saturated rings. The Morgan fingerprint density at radius 3 is 1.75 bits per heavy atom. The van der Waals surface area contributed by atoms with Crippen LogP contribution < -0.4 is 29.6 Å². The molecule has 0 saturated heterocycles. The standard InChI is InChI=1S/C8H19NO5S.Na/c10-6-1-3-9(4-2-7-11)5-8-15(12,13)14;/h10-11H,1-8H2,(H,12,13,14);/q;+1/p-1. The molecular weight excluding hydrogens is 245 g/mol. The van der Waals surface area contributed by atoms with Crippen molar-refractivity contribution in [2.75, 3.05) is 38.6 Å². The summed E-state index contributed by atoms with van der Waals surface area (Å²) in [5, 5.41) is 17.2. The van der Waals surface area contributed by atoms with Crippen molar-refractivity contribution in [2.45, 2.75) is 12.8 Å². The first-order valence-electron chi connectivity index (χ1n) is 4.87. The van der Waals surface area contributed by atoms with E-state index < -0.39 is 15.9 Å². The first-order valence-corrected chi connectivity index (χ1v) is 6.45.